The number of anilines is 1. The van der Waals surface area contributed by atoms with Gasteiger partial charge in [-0.3, -0.25) is 19.6 Å². The fourth-order valence-corrected chi connectivity index (χ4v) is 4.03. The van der Waals surface area contributed by atoms with Gasteiger partial charge in [-0.25, -0.2) is 0 Å². The largest absolute Gasteiger partial charge is 0.379 e. The summed E-state index contributed by atoms with van der Waals surface area (Å²) in [5.41, 5.74) is 2.78. The van der Waals surface area contributed by atoms with E-state index in [9.17, 15) is 9.59 Å². The number of amides is 2. The third kappa shape index (κ3) is 6.00. The Morgan fingerprint density at radius 3 is 2.84 bits per heavy atom. The Labute approximate surface area is 184 Å². The fraction of sp³-hybridized carbons (Fsp3) is 0.318. The second-order valence-electron chi connectivity index (χ2n) is 7.28. The Bertz CT molecular complexity index is 1010. The first-order valence-corrected chi connectivity index (χ1v) is 11.1. The van der Waals surface area contributed by atoms with E-state index in [0.717, 1.165) is 54.7 Å². The van der Waals surface area contributed by atoms with Gasteiger partial charge < -0.3 is 15.4 Å². The van der Waals surface area contributed by atoms with Crippen LogP contribution in [0.25, 0.3) is 10.6 Å². The minimum atomic E-state index is -0.251. The van der Waals surface area contributed by atoms with Gasteiger partial charge in [0, 0.05) is 38.3 Å². The van der Waals surface area contributed by atoms with Crippen LogP contribution in [0.4, 0.5) is 5.69 Å². The van der Waals surface area contributed by atoms with Crippen molar-refractivity contribution in [1.29, 1.82) is 0 Å². The van der Waals surface area contributed by atoms with Crippen LogP contribution >= 0.6 is 11.3 Å². The first-order chi connectivity index (χ1) is 15.2. The van der Waals surface area contributed by atoms with E-state index < -0.39 is 0 Å². The van der Waals surface area contributed by atoms with Crippen molar-refractivity contribution in [2.24, 2.45) is 0 Å². The maximum atomic E-state index is 12.4. The Morgan fingerprint density at radius 1 is 1.16 bits per heavy atom. The molecule has 8 nitrogen and oxygen atoms in total. The van der Waals surface area contributed by atoms with E-state index in [1.54, 1.807) is 17.4 Å². The van der Waals surface area contributed by atoms with Gasteiger partial charge >= 0.3 is 0 Å². The monoisotopic (exact) mass is 439 g/mol. The molecule has 4 rings (SSSR count). The number of nitrogens with zero attached hydrogens (tertiary/aromatic N) is 2. The van der Waals surface area contributed by atoms with Crippen LogP contribution in [-0.2, 0) is 16.1 Å². The van der Waals surface area contributed by atoms with E-state index in [1.807, 2.05) is 41.8 Å². The molecule has 0 aliphatic carbocycles. The Kier molecular flexibility index (Phi) is 7.08. The number of H-pyrrole nitrogens is 1. The number of aromatic nitrogens is 2. The van der Waals surface area contributed by atoms with Crippen LogP contribution in [0, 0.1) is 0 Å². The number of carbonyl (C=O) groups is 2. The normalized spacial score (nSPS) is 14.3. The lowest BCUT2D eigenvalue weighted by Crippen LogP contribution is -2.38. The topological polar surface area (TPSA) is 99.4 Å². The van der Waals surface area contributed by atoms with Crippen LogP contribution < -0.4 is 10.6 Å². The number of benzene rings is 1. The van der Waals surface area contributed by atoms with E-state index >= 15 is 0 Å². The van der Waals surface area contributed by atoms with Gasteiger partial charge in [0.1, 0.15) is 0 Å². The maximum absolute atomic E-state index is 12.4. The Balaban J connectivity index is 1.26. The zero-order valence-corrected chi connectivity index (χ0v) is 17.9. The predicted molar refractivity (Wildman–Crippen MR) is 120 cm³/mol. The number of thiophene rings is 1. The fourth-order valence-electron chi connectivity index (χ4n) is 3.34. The van der Waals surface area contributed by atoms with Gasteiger partial charge in [-0.05, 0) is 35.2 Å². The highest BCUT2D eigenvalue weighted by Gasteiger charge is 2.13. The predicted octanol–water partition coefficient (Wildman–Crippen LogP) is 2.73. The SMILES string of the molecule is O=C(CCN1CCOCC1)Nc1cccc(CNC(=O)c2cc(-c3cccs3)[nH]n2)c1. The number of hydrogen-bond donors (Lipinski definition) is 3. The van der Waals surface area contributed by atoms with Crippen molar-refractivity contribution in [3.8, 4) is 10.6 Å². The lowest BCUT2D eigenvalue weighted by molar-refractivity contribution is -0.116. The number of carbonyl (C=O) groups excluding carboxylic acids is 2. The van der Waals surface area contributed by atoms with Crippen molar-refractivity contribution in [2.75, 3.05) is 38.2 Å². The third-order valence-electron chi connectivity index (χ3n) is 5.02. The molecule has 1 saturated heterocycles. The quantitative estimate of drug-likeness (QED) is 0.501. The zero-order valence-electron chi connectivity index (χ0n) is 17.1. The van der Waals surface area contributed by atoms with Crippen molar-refractivity contribution >= 4 is 28.8 Å². The molecule has 0 spiro atoms. The van der Waals surface area contributed by atoms with Crippen molar-refractivity contribution in [2.45, 2.75) is 13.0 Å². The third-order valence-corrected chi connectivity index (χ3v) is 5.92. The van der Waals surface area contributed by atoms with Crippen LogP contribution in [0.3, 0.4) is 0 Å². The van der Waals surface area contributed by atoms with Crippen molar-refractivity contribution in [1.82, 2.24) is 20.4 Å². The Morgan fingerprint density at radius 2 is 2.03 bits per heavy atom. The molecular weight excluding hydrogens is 414 g/mol. The van der Waals surface area contributed by atoms with Gasteiger partial charge in [-0.1, -0.05) is 18.2 Å². The summed E-state index contributed by atoms with van der Waals surface area (Å²) in [5, 5.41) is 14.8. The van der Waals surface area contributed by atoms with Gasteiger partial charge in [0.25, 0.3) is 5.91 Å². The van der Waals surface area contributed by atoms with Crippen LogP contribution in [-0.4, -0.2) is 59.8 Å². The molecule has 1 aliphatic heterocycles. The molecule has 1 aromatic carbocycles. The molecule has 0 atom stereocenters. The minimum absolute atomic E-state index is 0.0229. The average molecular weight is 440 g/mol. The number of hydrogen-bond acceptors (Lipinski definition) is 6. The number of nitrogens with one attached hydrogen (secondary N) is 3. The Hall–Kier alpha value is -3.01. The van der Waals surface area contributed by atoms with Crippen LogP contribution in [0.1, 0.15) is 22.5 Å². The van der Waals surface area contributed by atoms with Crippen molar-refractivity contribution in [3.05, 3.63) is 59.1 Å². The van der Waals surface area contributed by atoms with Gasteiger partial charge in [0.2, 0.25) is 5.91 Å². The van der Waals surface area contributed by atoms with Gasteiger partial charge in [-0.2, -0.15) is 5.10 Å². The van der Waals surface area contributed by atoms with E-state index in [2.05, 4.69) is 25.7 Å². The highest BCUT2D eigenvalue weighted by atomic mass is 32.1. The van der Waals surface area contributed by atoms with E-state index in [-0.39, 0.29) is 11.8 Å². The lowest BCUT2D eigenvalue weighted by atomic mass is 10.2. The van der Waals surface area contributed by atoms with E-state index in [4.69, 9.17) is 4.74 Å². The van der Waals surface area contributed by atoms with Gasteiger partial charge in [0.05, 0.1) is 23.8 Å². The molecule has 3 heterocycles. The highest BCUT2D eigenvalue weighted by Crippen LogP contribution is 2.22. The first kappa shape index (κ1) is 21.2. The van der Waals surface area contributed by atoms with Gasteiger partial charge in [-0.15, -0.1) is 11.3 Å². The molecule has 0 saturated carbocycles. The second kappa shape index (κ2) is 10.3. The summed E-state index contributed by atoms with van der Waals surface area (Å²) in [6.07, 6.45) is 0.437. The highest BCUT2D eigenvalue weighted by molar-refractivity contribution is 7.13. The molecule has 2 amide bonds. The van der Waals surface area contributed by atoms with E-state index in [1.165, 1.54) is 0 Å². The summed E-state index contributed by atoms with van der Waals surface area (Å²) in [4.78, 5) is 28.0. The second-order valence-corrected chi connectivity index (χ2v) is 8.23. The van der Waals surface area contributed by atoms with E-state index in [0.29, 0.717) is 18.7 Å². The maximum Gasteiger partial charge on any atom is 0.272 e. The first-order valence-electron chi connectivity index (χ1n) is 10.2. The number of ether oxygens (including phenoxy) is 1. The molecule has 9 heteroatoms. The summed E-state index contributed by atoms with van der Waals surface area (Å²) in [5.74, 6) is -0.274. The molecular formula is C22H25N5O3S. The smallest absolute Gasteiger partial charge is 0.272 e. The van der Waals surface area contributed by atoms with Crippen molar-refractivity contribution < 1.29 is 14.3 Å². The summed E-state index contributed by atoms with van der Waals surface area (Å²) in [7, 11) is 0. The minimum Gasteiger partial charge on any atom is -0.379 e. The molecule has 31 heavy (non-hydrogen) atoms. The number of morpholine rings is 1. The molecule has 2 aromatic heterocycles. The van der Waals surface area contributed by atoms with Crippen molar-refractivity contribution in [3.63, 3.8) is 0 Å². The zero-order chi connectivity index (χ0) is 21.5. The molecule has 1 fully saturated rings. The molecule has 162 valence electrons. The van der Waals surface area contributed by atoms with Gasteiger partial charge in [0.15, 0.2) is 5.69 Å². The lowest BCUT2D eigenvalue weighted by Gasteiger charge is -2.26. The molecule has 0 unspecified atom stereocenters. The van der Waals surface area contributed by atoms with Crippen LogP contribution in [0.2, 0.25) is 0 Å². The molecule has 3 aromatic rings. The summed E-state index contributed by atoms with van der Waals surface area (Å²) in [6.45, 7) is 4.26. The average Bonchev–Trinajstić information content (AvgIpc) is 3.49. The summed E-state index contributed by atoms with van der Waals surface area (Å²) >= 11 is 1.58. The molecule has 3 N–H and O–H groups in total. The molecule has 1 aliphatic rings. The standard InChI is InChI=1S/C22H25N5O3S/c28-21(6-7-27-8-10-30-11-9-27)24-17-4-1-3-16(13-17)15-23-22(29)19-14-18(25-26-19)20-5-2-12-31-20/h1-5,12-14H,6-11,15H2,(H,23,29)(H,24,28)(H,25,26). The number of rotatable bonds is 8. The van der Waals surface area contributed by atoms with Crippen LogP contribution in [0.5, 0.6) is 0 Å². The summed E-state index contributed by atoms with van der Waals surface area (Å²) < 4.78 is 5.32. The van der Waals surface area contributed by atoms with Crippen LogP contribution in [0.15, 0.2) is 47.8 Å². The number of aromatic amines is 1. The molecule has 0 bridgehead atoms. The summed E-state index contributed by atoms with van der Waals surface area (Å²) in [6, 6.07) is 13.2. The molecule has 0 radical (unpaired) electrons.